The van der Waals surface area contributed by atoms with Gasteiger partial charge in [-0.25, -0.2) is 4.98 Å². The van der Waals surface area contributed by atoms with E-state index in [0.717, 1.165) is 29.1 Å². The molecule has 1 fully saturated rings. The molecule has 3 aromatic rings. The molecule has 0 bridgehead atoms. The number of amides is 1. The molecule has 2 aromatic carbocycles. The highest BCUT2D eigenvalue weighted by Crippen LogP contribution is 2.35. The monoisotopic (exact) mass is 459 g/mol. The van der Waals surface area contributed by atoms with E-state index in [9.17, 15) is 4.79 Å². The summed E-state index contributed by atoms with van der Waals surface area (Å²) in [6.45, 7) is 8.15. The summed E-state index contributed by atoms with van der Waals surface area (Å²) in [4.78, 5) is 20.1. The number of hydrogen-bond acceptors (Lipinski definition) is 2. The highest BCUT2D eigenvalue weighted by Gasteiger charge is 2.35. The van der Waals surface area contributed by atoms with E-state index in [1.165, 1.54) is 68.9 Å². The minimum atomic E-state index is 0.137. The molecule has 1 aliphatic heterocycles. The van der Waals surface area contributed by atoms with Crippen molar-refractivity contribution < 1.29 is 4.79 Å². The van der Waals surface area contributed by atoms with Gasteiger partial charge in [-0.3, -0.25) is 4.79 Å². The lowest BCUT2D eigenvalue weighted by molar-refractivity contribution is -0.117. The van der Waals surface area contributed by atoms with Gasteiger partial charge in [-0.05, 0) is 49.6 Å². The van der Waals surface area contributed by atoms with E-state index in [1.807, 2.05) is 4.90 Å². The average molecular weight is 460 g/mol. The molecule has 1 aliphatic rings. The molecule has 0 N–H and O–H groups in total. The van der Waals surface area contributed by atoms with E-state index in [0.29, 0.717) is 13.0 Å². The third-order valence-corrected chi connectivity index (χ3v) is 7.31. The first kappa shape index (κ1) is 24.5. The van der Waals surface area contributed by atoms with E-state index in [1.54, 1.807) is 0 Å². The van der Waals surface area contributed by atoms with Gasteiger partial charge in [0.05, 0.1) is 11.0 Å². The number of aryl methyl sites for hydroxylation is 3. The van der Waals surface area contributed by atoms with Crippen molar-refractivity contribution in [3.05, 3.63) is 59.4 Å². The SMILES string of the molecule is CCCCCCCCCCCn1c(C2CC(=O)N(c3cc(C)ccc3C)C2)nc2ccccc21. The zero-order chi connectivity index (χ0) is 23.9. The van der Waals surface area contributed by atoms with Crippen LogP contribution < -0.4 is 4.90 Å². The lowest BCUT2D eigenvalue weighted by Gasteiger charge is -2.20. The molecule has 4 heteroatoms. The molecule has 1 unspecified atom stereocenters. The fraction of sp³-hybridized carbons (Fsp3) is 0.533. The molecule has 4 nitrogen and oxygen atoms in total. The fourth-order valence-corrected chi connectivity index (χ4v) is 5.34. The maximum absolute atomic E-state index is 13.1. The Kier molecular flexibility index (Phi) is 8.42. The van der Waals surface area contributed by atoms with Crippen molar-refractivity contribution in [3.8, 4) is 0 Å². The van der Waals surface area contributed by atoms with Gasteiger partial charge in [0, 0.05) is 31.1 Å². The van der Waals surface area contributed by atoms with Crippen LogP contribution in [0.15, 0.2) is 42.5 Å². The van der Waals surface area contributed by atoms with Crippen LogP contribution in [0.3, 0.4) is 0 Å². The van der Waals surface area contributed by atoms with Crippen molar-refractivity contribution in [2.24, 2.45) is 0 Å². The molecule has 2 heterocycles. The van der Waals surface area contributed by atoms with E-state index < -0.39 is 0 Å². The topological polar surface area (TPSA) is 38.1 Å². The van der Waals surface area contributed by atoms with Crippen molar-refractivity contribution in [2.75, 3.05) is 11.4 Å². The number of anilines is 1. The van der Waals surface area contributed by atoms with Crippen molar-refractivity contribution >= 4 is 22.6 Å². The summed E-state index contributed by atoms with van der Waals surface area (Å²) in [6, 6.07) is 14.8. The second-order valence-corrected chi connectivity index (χ2v) is 10.1. The highest BCUT2D eigenvalue weighted by atomic mass is 16.2. The number of para-hydroxylation sites is 2. The minimum Gasteiger partial charge on any atom is -0.328 e. The molecule has 34 heavy (non-hydrogen) atoms. The number of carbonyl (C=O) groups excluding carboxylic acids is 1. The van der Waals surface area contributed by atoms with Crippen LogP contribution in [-0.2, 0) is 11.3 Å². The lowest BCUT2D eigenvalue weighted by atomic mass is 10.1. The highest BCUT2D eigenvalue weighted by molar-refractivity contribution is 5.97. The summed E-state index contributed by atoms with van der Waals surface area (Å²) in [5, 5.41) is 0. The second-order valence-electron chi connectivity index (χ2n) is 10.1. The number of hydrogen-bond donors (Lipinski definition) is 0. The number of benzene rings is 2. The Morgan fingerprint density at radius 1 is 0.912 bits per heavy atom. The largest absolute Gasteiger partial charge is 0.328 e. The molecule has 0 saturated carbocycles. The van der Waals surface area contributed by atoms with Gasteiger partial charge < -0.3 is 9.47 Å². The zero-order valence-electron chi connectivity index (χ0n) is 21.4. The van der Waals surface area contributed by atoms with Gasteiger partial charge in [0.15, 0.2) is 0 Å². The smallest absolute Gasteiger partial charge is 0.227 e. The fourth-order valence-electron chi connectivity index (χ4n) is 5.34. The number of imidazole rings is 1. The van der Waals surface area contributed by atoms with Crippen LogP contribution in [0.1, 0.15) is 94.0 Å². The second kappa shape index (κ2) is 11.7. The third kappa shape index (κ3) is 5.71. The van der Waals surface area contributed by atoms with Crippen LogP contribution in [0.2, 0.25) is 0 Å². The molecule has 182 valence electrons. The number of fused-ring (bicyclic) bond motifs is 1. The maximum atomic E-state index is 13.1. The Morgan fingerprint density at radius 3 is 2.38 bits per heavy atom. The zero-order valence-corrected chi connectivity index (χ0v) is 21.4. The first-order valence-corrected chi connectivity index (χ1v) is 13.4. The summed E-state index contributed by atoms with van der Waals surface area (Å²) < 4.78 is 2.40. The van der Waals surface area contributed by atoms with Crippen molar-refractivity contribution in [2.45, 2.75) is 97.4 Å². The summed E-state index contributed by atoms with van der Waals surface area (Å²) in [5.41, 5.74) is 5.65. The summed E-state index contributed by atoms with van der Waals surface area (Å²) in [7, 11) is 0. The van der Waals surface area contributed by atoms with Gasteiger partial charge in [0.25, 0.3) is 0 Å². The van der Waals surface area contributed by atoms with Gasteiger partial charge >= 0.3 is 0 Å². The summed E-state index contributed by atoms with van der Waals surface area (Å²) >= 11 is 0. The van der Waals surface area contributed by atoms with Crippen LogP contribution in [-0.4, -0.2) is 22.0 Å². The van der Waals surface area contributed by atoms with Gasteiger partial charge in [0.1, 0.15) is 5.82 Å². The third-order valence-electron chi connectivity index (χ3n) is 7.31. The van der Waals surface area contributed by atoms with Crippen molar-refractivity contribution in [3.63, 3.8) is 0 Å². The van der Waals surface area contributed by atoms with E-state index in [-0.39, 0.29) is 11.8 Å². The first-order chi connectivity index (χ1) is 16.6. The molecule has 0 radical (unpaired) electrons. The van der Waals surface area contributed by atoms with Crippen molar-refractivity contribution in [1.82, 2.24) is 9.55 Å². The van der Waals surface area contributed by atoms with Crippen LogP contribution in [0.4, 0.5) is 5.69 Å². The Hall–Kier alpha value is -2.62. The van der Waals surface area contributed by atoms with Crippen LogP contribution in [0, 0.1) is 13.8 Å². The molecule has 4 rings (SSSR count). The minimum absolute atomic E-state index is 0.137. The number of nitrogens with zero attached hydrogens (tertiary/aromatic N) is 3. The quantitative estimate of drug-likeness (QED) is 0.260. The Morgan fingerprint density at radius 2 is 1.62 bits per heavy atom. The van der Waals surface area contributed by atoms with Gasteiger partial charge in [-0.2, -0.15) is 0 Å². The normalized spacial score (nSPS) is 16.1. The molecular weight excluding hydrogens is 418 g/mol. The standard InChI is InChI=1S/C30H41N3O/c1-4-5-6-7-8-9-10-11-14-19-32-27-16-13-12-15-26(27)31-30(32)25-21-29(34)33(22-25)28-20-23(2)17-18-24(28)3/h12-13,15-18,20,25H,4-11,14,19,21-22H2,1-3H3. The summed E-state index contributed by atoms with van der Waals surface area (Å²) in [6.07, 6.45) is 12.5. The molecule has 0 aliphatic carbocycles. The lowest BCUT2D eigenvalue weighted by Crippen LogP contribution is -2.25. The van der Waals surface area contributed by atoms with Gasteiger partial charge in [-0.1, -0.05) is 82.6 Å². The van der Waals surface area contributed by atoms with Gasteiger partial charge in [0.2, 0.25) is 5.91 Å². The van der Waals surface area contributed by atoms with E-state index in [2.05, 4.69) is 67.8 Å². The van der Waals surface area contributed by atoms with Crippen LogP contribution in [0.5, 0.6) is 0 Å². The van der Waals surface area contributed by atoms with Crippen LogP contribution in [0.25, 0.3) is 11.0 Å². The molecule has 1 aromatic heterocycles. The first-order valence-electron chi connectivity index (χ1n) is 13.4. The molecule has 1 atom stereocenters. The maximum Gasteiger partial charge on any atom is 0.227 e. The summed E-state index contributed by atoms with van der Waals surface area (Å²) in [5.74, 6) is 1.43. The molecular formula is C30H41N3O. The average Bonchev–Trinajstić information content (AvgIpc) is 3.40. The Balaban J connectivity index is 1.43. The number of unbranched alkanes of at least 4 members (excludes halogenated alkanes) is 8. The van der Waals surface area contributed by atoms with E-state index >= 15 is 0 Å². The van der Waals surface area contributed by atoms with Crippen molar-refractivity contribution in [1.29, 1.82) is 0 Å². The molecule has 0 spiro atoms. The number of rotatable bonds is 12. The molecule has 1 saturated heterocycles. The van der Waals surface area contributed by atoms with Gasteiger partial charge in [-0.15, -0.1) is 0 Å². The Bertz CT molecular complexity index is 1100. The van der Waals surface area contributed by atoms with E-state index in [4.69, 9.17) is 4.98 Å². The Labute approximate surface area is 205 Å². The number of carbonyl (C=O) groups is 1. The predicted molar refractivity (Wildman–Crippen MR) is 143 cm³/mol. The van der Waals surface area contributed by atoms with Crippen LogP contribution >= 0.6 is 0 Å². The molecule has 1 amide bonds. The predicted octanol–water partition coefficient (Wildman–Crippen LogP) is 7.70. The number of aromatic nitrogens is 2.